The molecule has 1 heterocycles. The first-order valence-electron chi connectivity index (χ1n) is 8.24. The molecule has 7 heteroatoms. The van der Waals surface area contributed by atoms with Crippen LogP contribution >= 0.6 is 0 Å². The summed E-state index contributed by atoms with van der Waals surface area (Å²) in [6, 6.07) is 7.15. The normalized spacial score (nSPS) is 11.0. The SMILES string of the molecule is C#Cc1cccc(NC(=O)CNC(=NC)NCc2c(C)nn(C)c2C)c1. The van der Waals surface area contributed by atoms with Crippen LogP contribution in [0.4, 0.5) is 5.69 Å². The van der Waals surface area contributed by atoms with Crippen LogP contribution in [-0.4, -0.2) is 35.2 Å². The smallest absolute Gasteiger partial charge is 0.243 e. The third kappa shape index (κ3) is 4.86. The van der Waals surface area contributed by atoms with Crippen LogP contribution in [0, 0.1) is 26.2 Å². The Kier molecular flexibility index (Phi) is 6.39. The Morgan fingerprint density at radius 2 is 2.12 bits per heavy atom. The summed E-state index contributed by atoms with van der Waals surface area (Å²) in [7, 11) is 3.57. The molecule has 2 aromatic rings. The van der Waals surface area contributed by atoms with Crippen LogP contribution < -0.4 is 16.0 Å². The number of benzene rings is 1. The number of nitrogens with one attached hydrogen (secondary N) is 3. The Hall–Kier alpha value is -3.27. The molecule has 7 nitrogen and oxygen atoms in total. The predicted molar refractivity (Wildman–Crippen MR) is 104 cm³/mol. The minimum absolute atomic E-state index is 0.0883. The molecule has 0 aliphatic carbocycles. The third-order valence-electron chi connectivity index (χ3n) is 4.04. The van der Waals surface area contributed by atoms with E-state index in [1.54, 1.807) is 25.2 Å². The zero-order valence-electron chi connectivity index (χ0n) is 15.6. The summed E-state index contributed by atoms with van der Waals surface area (Å²) in [4.78, 5) is 16.2. The lowest BCUT2D eigenvalue weighted by Crippen LogP contribution is -2.41. The summed E-state index contributed by atoms with van der Waals surface area (Å²) in [6.07, 6.45) is 5.36. The van der Waals surface area contributed by atoms with E-state index in [9.17, 15) is 4.79 Å². The summed E-state index contributed by atoms with van der Waals surface area (Å²) in [5.74, 6) is 2.90. The number of aryl methyl sites for hydroxylation is 2. The second-order valence-electron chi connectivity index (χ2n) is 5.83. The van der Waals surface area contributed by atoms with Gasteiger partial charge in [-0.25, -0.2) is 0 Å². The molecule has 0 aliphatic heterocycles. The van der Waals surface area contributed by atoms with E-state index in [4.69, 9.17) is 6.42 Å². The molecule has 0 saturated carbocycles. The van der Waals surface area contributed by atoms with E-state index < -0.39 is 0 Å². The molecule has 0 spiro atoms. The molecule has 0 unspecified atom stereocenters. The van der Waals surface area contributed by atoms with E-state index in [1.165, 1.54) is 0 Å². The van der Waals surface area contributed by atoms with Crippen molar-refractivity contribution in [2.45, 2.75) is 20.4 Å². The molecule has 1 amide bonds. The molecule has 26 heavy (non-hydrogen) atoms. The average molecular weight is 352 g/mol. The maximum absolute atomic E-state index is 12.1. The van der Waals surface area contributed by atoms with Crippen molar-refractivity contribution in [3.63, 3.8) is 0 Å². The minimum Gasteiger partial charge on any atom is -0.352 e. The van der Waals surface area contributed by atoms with Crippen molar-refractivity contribution in [1.29, 1.82) is 0 Å². The summed E-state index contributed by atoms with van der Waals surface area (Å²) in [5, 5.41) is 13.4. The Morgan fingerprint density at radius 1 is 1.35 bits per heavy atom. The second kappa shape index (κ2) is 8.72. The number of carbonyl (C=O) groups is 1. The van der Waals surface area contributed by atoms with E-state index >= 15 is 0 Å². The van der Waals surface area contributed by atoms with Crippen LogP contribution in [0.15, 0.2) is 29.3 Å². The fraction of sp³-hybridized carbons (Fsp3) is 0.316. The van der Waals surface area contributed by atoms with Gasteiger partial charge in [0.25, 0.3) is 0 Å². The molecule has 2 rings (SSSR count). The number of amides is 1. The van der Waals surface area contributed by atoms with Crippen molar-refractivity contribution in [2.24, 2.45) is 12.0 Å². The second-order valence-corrected chi connectivity index (χ2v) is 5.83. The number of terminal acetylenes is 1. The van der Waals surface area contributed by atoms with Crippen LogP contribution in [0.3, 0.4) is 0 Å². The number of guanidine groups is 1. The Balaban J connectivity index is 1.86. The summed E-state index contributed by atoms with van der Waals surface area (Å²) >= 11 is 0. The molecule has 0 bridgehead atoms. The summed E-state index contributed by atoms with van der Waals surface area (Å²) in [5.41, 5.74) is 4.56. The predicted octanol–water partition coefficient (Wildman–Crippen LogP) is 1.32. The largest absolute Gasteiger partial charge is 0.352 e. The number of aromatic nitrogens is 2. The quantitative estimate of drug-likeness (QED) is 0.431. The highest BCUT2D eigenvalue weighted by atomic mass is 16.1. The lowest BCUT2D eigenvalue weighted by Gasteiger charge is -2.12. The van der Waals surface area contributed by atoms with Gasteiger partial charge >= 0.3 is 0 Å². The van der Waals surface area contributed by atoms with Gasteiger partial charge in [0.05, 0.1) is 12.2 Å². The fourth-order valence-corrected chi connectivity index (χ4v) is 2.52. The van der Waals surface area contributed by atoms with Crippen molar-refractivity contribution in [1.82, 2.24) is 20.4 Å². The van der Waals surface area contributed by atoms with Crippen LogP contribution in [0.5, 0.6) is 0 Å². The first kappa shape index (κ1) is 19.1. The monoisotopic (exact) mass is 352 g/mol. The molecule has 0 aliphatic rings. The topological polar surface area (TPSA) is 83.3 Å². The molecule has 136 valence electrons. The van der Waals surface area contributed by atoms with E-state index in [2.05, 4.69) is 32.0 Å². The Morgan fingerprint density at radius 3 is 2.73 bits per heavy atom. The van der Waals surface area contributed by atoms with E-state index in [-0.39, 0.29) is 12.5 Å². The Labute approximate surface area is 153 Å². The van der Waals surface area contributed by atoms with Gasteiger partial charge in [0.2, 0.25) is 5.91 Å². The average Bonchev–Trinajstić information content (AvgIpc) is 2.87. The summed E-state index contributed by atoms with van der Waals surface area (Å²) in [6.45, 7) is 4.66. The molecular weight excluding hydrogens is 328 g/mol. The maximum atomic E-state index is 12.1. The minimum atomic E-state index is -0.184. The lowest BCUT2D eigenvalue weighted by molar-refractivity contribution is -0.115. The number of rotatable bonds is 5. The van der Waals surface area contributed by atoms with Crippen LogP contribution in [0.1, 0.15) is 22.5 Å². The number of aliphatic imine (C=N–C) groups is 1. The van der Waals surface area contributed by atoms with Gasteiger partial charge in [0.1, 0.15) is 0 Å². The van der Waals surface area contributed by atoms with E-state index in [0.29, 0.717) is 18.2 Å². The van der Waals surface area contributed by atoms with Crippen molar-refractivity contribution in [2.75, 3.05) is 18.9 Å². The Bertz CT molecular complexity index is 859. The summed E-state index contributed by atoms with van der Waals surface area (Å²) < 4.78 is 1.85. The molecule has 0 atom stereocenters. The van der Waals surface area contributed by atoms with Gasteiger partial charge in [0, 0.05) is 43.1 Å². The van der Waals surface area contributed by atoms with E-state index in [0.717, 1.165) is 22.5 Å². The zero-order valence-corrected chi connectivity index (χ0v) is 15.6. The van der Waals surface area contributed by atoms with Crippen LogP contribution in [0.2, 0.25) is 0 Å². The van der Waals surface area contributed by atoms with Crippen molar-refractivity contribution in [3.8, 4) is 12.3 Å². The number of nitrogens with zero attached hydrogens (tertiary/aromatic N) is 3. The van der Waals surface area contributed by atoms with Crippen molar-refractivity contribution < 1.29 is 4.79 Å². The highest BCUT2D eigenvalue weighted by Crippen LogP contribution is 2.11. The van der Waals surface area contributed by atoms with Gasteiger partial charge in [-0.3, -0.25) is 14.5 Å². The van der Waals surface area contributed by atoms with Crippen molar-refractivity contribution in [3.05, 3.63) is 46.8 Å². The lowest BCUT2D eigenvalue weighted by atomic mass is 10.2. The molecule has 0 saturated heterocycles. The number of anilines is 1. The first-order chi connectivity index (χ1) is 12.4. The van der Waals surface area contributed by atoms with Crippen molar-refractivity contribution >= 4 is 17.6 Å². The maximum Gasteiger partial charge on any atom is 0.243 e. The van der Waals surface area contributed by atoms with Gasteiger partial charge in [-0.1, -0.05) is 12.0 Å². The van der Waals surface area contributed by atoms with Crippen LogP contribution in [0.25, 0.3) is 0 Å². The molecule has 1 aromatic carbocycles. The number of carbonyl (C=O) groups excluding carboxylic acids is 1. The molecule has 3 N–H and O–H groups in total. The van der Waals surface area contributed by atoms with Crippen LogP contribution in [-0.2, 0) is 18.4 Å². The van der Waals surface area contributed by atoms with Gasteiger partial charge in [-0.15, -0.1) is 6.42 Å². The highest BCUT2D eigenvalue weighted by Gasteiger charge is 2.10. The molecule has 1 aromatic heterocycles. The number of hydrogen-bond acceptors (Lipinski definition) is 3. The molecular formula is C19H24N6O. The highest BCUT2D eigenvalue weighted by molar-refractivity contribution is 5.95. The third-order valence-corrected chi connectivity index (χ3v) is 4.04. The standard InChI is InChI=1S/C19H24N6O/c1-6-15-8-7-9-16(10-15)23-18(26)12-22-19(20-4)21-11-17-13(2)24-25(5)14(17)3/h1,7-10H,11-12H2,2-5H3,(H,23,26)(H2,20,21,22). The molecule has 0 fully saturated rings. The van der Waals surface area contributed by atoms with E-state index in [1.807, 2.05) is 31.6 Å². The van der Waals surface area contributed by atoms with Gasteiger partial charge < -0.3 is 16.0 Å². The first-order valence-corrected chi connectivity index (χ1v) is 8.24. The van der Waals surface area contributed by atoms with Gasteiger partial charge in [-0.05, 0) is 32.0 Å². The number of hydrogen-bond donors (Lipinski definition) is 3. The fourth-order valence-electron chi connectivity index (χ4n) is 2.52. The van der Waals surface area contributed by atoms with Gasteiger partial charge in [0.15, 0.2) is 5.96 Å². The zero-order chi connectivity index (χ0) is 19.1. The van der Waals surface area contributed by atoms with Gasteiger partial charge in [-0.2, -0.15) is 5.10 Å². The molecule has 0 radical (unpaired) electrons.